The summed E-state index contributed by atoms with van der Waals surface area (Å²) in [4.78, 5) is 10.9. The molecule has 5 heteroatoms. The first-order chi connectivity index (χ1) is 6.16. The zero-order valence-electron chi connectivity index (χ0n) is 7.56. The van der Waals surface area contributed by atoms with Crippen LogP contribution in [-0.2, 0) is 4.79 Å². The smallest absolute Gasteiger partial charge is 0.251 e. The highest BCUT2D eigenvalue weighted by Gasteiger charge is 2.39. The second kappa shape index (κ2) is 4.83. The molecule has 0 spiro atoms. The number of thioether (sulfide) groups is 1. The summed E-state index contributed by atoms with van der Waals surface area (Å²) in [6.07, 6.45) is -1.12. The molecule has 0 aromatic heterocycles. The number of hydrogen-bond donors (Lipinski definition) is 3. The molecule has 13 heavy (non-hydrogen) atoms. The number of rotatable bonds is 4. The average Bonchev–Trinajstić information content (AvgIpc) is 2.34. The highest BCUT2D eigenvalue weighted by Crippen LogP contribution is 2.14. The van der Waals surface area contributed by atoms with Crippen LogP contribution in [-0.4, -0.2) is 45.9 Å². The van der Waals surface area contributed by atoms with Crippen LogP contribution in [0.2, 0.25) is 0 Å². The second-order valence-corrected chi connectivity index (χ2v) is 4.28. The molecule has 1 rings (SSSR count). The number of aliphatic hydroxyl groups excluding tert-OH is 2. The number of carbonyl (C=O) groups is 1. The van der Waals surface area contributed by atoms with E-state index in [2.05, 4.69) is 12.2 Å². The van der Waals surface area contributed by atoms with Crippen LogP contribution in [0, 0.1) is 0 Å². The Morgan fingerprint density at radius 3 is 2.69 bits per heavy atom. The van der Waals surface area contributed by atoms with Crippen LogP contribution in [0.25, 0.3) is 0 Å². The van der Waals surface area contributed by atoms with Crippen molar-refractivity contribution in [3.8, 4) is 0 Å². The molecule has 3 N–H and O–H groups in total. The molecule has 3 atom stereocenters. The van der Waals surface area contributed by atoms with Gasteiger partial charge in [0.1, 0.15) is 6.10 Å². The zero-order valence-corrected chi connectivity index (χ0v) is 8.38. The SMILES string of the molecule is CCCSCC1NC(=O)C(O)C1O. The highest BCUT2D eigenvalue weighted by atomic mass is 32.2. The normalized spacial score (nSPS) is 33.5. The maximum absolute atomic E-state index is 10.9. The lowest BCUT2D eigenvalue weighted by Gasteiger charge is -2.13. The molecule has 76 valence electrons. The molecular formula is C8H15NO3S. The van der Waals surface area contributed by atoms with Gasteiger partial charge in [-0.15, -0.1) is 0 Å². The quantitative estimate of drug-likeness (QED) is 0.533. The molecule has 1 saturated heterocycles. The number of carbonyl (C=O) groups excluding carboxylic acids is 1. The van der Waals surface area contributed by atoms with Gasteiger partial charge in [0, 0.05) is 5.75 Å². The van der Waals surface area contributed by atoms with Crippen LogP contribution < -0.4 is 5.32 Å². The van der Waals surface area contributed by atoms with Crippen molar-refractivity contribution in [1.29, 1.82) is 0 Å². The van der Waals surface area contributed by atoms with Crippen molar-refractivity contribution in [3.05, 3.63) is 0 Å². The predicted molar refractivity (Wildman–Crippen MR) is 51.6 cm³/mol. The average molecular weight is 205 g/mol. The summed E-state index contributed by atoms with van der Waals surface area (Å²) in [6.45, 7) is 2.07. The van der Waals surface area contributed by atoms with E-state index in [0.717, 1.165) is 12.2 Å². The van der Waals surface area contributed by atoms with Gasteiger partial charge in [0.25, 0.3) is 5.91 Å². The molecule has 0 bridgehead atoms. The van der Waals surface area contributed by atoms with E-state index in [-0.39, 0.29) is 6.04 Å². The van der Waals surface area contributed by atoms with Crippen molar-refractivity contribution < 1.29 is 15.0 Å². The maximum atomic E-state index is 10.9. The van der Waals surface area contributed by atoms with Crippen molar-refractivity contribution in [1.82, 2.24) is 5.32 Å². The molecule has 1 aliphatic rings. The van der Waals surface area contributed by atoms with Gasteiger partial charge < -0.3 is 15.5 Å². The topological polar surface area (TPSA) is 69.6 Å². The summed E-state index contributed by atoms with van der Waals surface area (Å²) in [5.74, 6) is 1.21. The Bertz CT molecular complexity index is 188. The van der Waals surface area contributed by atoms with Crippen LogP contribution in [0.5, 0.6) is 0 Å². The Balaban J connectivity index is 2.31. The lowest BCUT2D eigenvalue weighted by Crippen LogP contribution is -2.35. The van der Waals surface area contributed by atoms with Gasteiger partial charge in [-0.3, -0.25) is 4.79 Å². The van der Waals surface area contributed by atoms with E-state index in [0.29, 0.717) is 5.75 Å². The molecule has 1 fully saturated rings. The van der Waals surface area contributed by atoms with Gasteiger partial charge in [-0.25, -0.2) is 0 Å². The molecule has 0 radical (unpaired) electrons. The lowest BCUT2D eigenvalue weighted by atomic mass is 10.2. The number of nitrogens with one attached hydrogen (secondary N) is 1. The van der Waals surface area contributed by atoms with Crippen LogP contribution in [0.3, 0.4) is 0 Å². The molecular weight excluding hydrogens is 190 g/mol. The van der Waals surface area contributed by atoms with Crippen molar-refractivity contribution in [2.45, 2.75) is 31.6 Å². The molecule has 0 aromatic carbocycles. The van der Waals surface area contributed by atoms with E-state index in [1.807, 2.05) is 0 Å². The molecule has 0 saturated carbocycles. The second-order valence-electron chi connectivity index (χ2n) is 3.13. The molecule has 3 unspecified atom stereocenters. The standard InChI is InChI=1S/C8H15NO3S/c1-2-3-13-4-5-6(10)7(11)8(12)9-5/h5-7,10-11H,2-4H2,1H3,(H,9,12). The molecule has 1 amide bonds. The van der Waals surface area contributed by atoms with Crippen molar-refractivity contribution in [2.75, 3.05) is 11.5 Å². The summed E-state index contributed by atoms with van der Waals surface area (Å²) in [7, 11) is 0. The van der Waals surface area contributed by atoms with Crippen molar-refractivity contribution in [2.24, 2.45) is 0 Å². The van der Waals surface area contributed by atoms with Crippen LogP contribution in [0.1, 0.15) is 13.3 Å². The summed E-state index contributed by atoms with van der Waals surface area (Å²) < 4.78 is 0. The third kappa shape index (κ3) is 2.59. The summed E-state index contributed by atoms with van der Waals surface area (Å²) >= 11 is 1.67. The first kappa shape index (κ1) is 10.8. The Morgan fingerprint density at radius 1 is 1.54 bits per heavy atom. The molecule has 1 aliphatic heterocycles. The van der Waals surface area contributed by atoms with Crippen LogP contribution in [0.4, 0.5) is 0 Å². The van der Waals surface area contributed by atoms with Gasteiger partial charge in [-0.1, -0.05) is 6.92 Å². The Labute approximate surface area is 81.7 Å². The van der Waals surface area contributed by atoms with Gasteiger partial charge in [0.2, 0.25) is 0 Å². The van der Waals surface area contributed by atoms with Crippen molar-refractivity contribution >= 4 is 17.7 Å². The summed E-state index contributed by atoms with van der Waals surface area (Å²) in [5.41, 5.74) is 0. The fraction of sp³-hybridized carbons (Fsp3) is 0.875. The van der Waals surface area contributed by atoms with Gasteiger partial charge in [-0.2, -0.15) is 11.8 Å². The number of amides is 1. The predicted octanol–water partition coefficient (Wildman–Crippen LogP) is -0.650. The van der Waals surface area contributed by atoms with Gasteiger partial charge in [0.15, 0.2) is 6.10 Å². The lowest BCUT2D eigenvalue weighted by molar-refractivity contribution is -0.128. The molecule has 1 heterocycles. The van der Waals surface area contributed by atoms with Gasteiger partial charge in [0.05, 0.1) is 6.04 Å². The van der Waals surface area contributed by atoms with Crippen LogP contribution in [0.15, 0.2) is 0 Å². The van der Waals surface area contributed by atoms with Gasteiger partial charge >= 0.3 is 0 Å². The molecule has 4 nitrogen and oxygen atoms in total. The first-order valence-corrected chi connectivity index (χ1v) is 5.56. The third-order valence-electron chi connectivity index (χ3n) is 1.98. The Hall–Kier alpha value is -0.260. The van der Waals surface area contributed by atoms with Crippen LogP contribution >= 0.6 is 11.8 Å². The minimum Gasteiger partial charge on any atom is -0.388 e. The third-order valence-corrected chi connectivity index (χ3v) is 3.27. The van der Waals surface area contributed by atoms with E-state index in [4.69, 9.17) is 5.11 Å². The monoisotopic (exact) mass is 205 g/mol. The van der Waals surface area contributed by atoms with E-state index in [9.17, 15) is 9.90 Å². The maximum Gasteiger partial charge on any atom is 0.251 e. The fourth-order valence-corrected chi connectivity index (χ4v) is 2.21. The Kier molecular flexibility index (Phi) is 4.02. The van der Waals surface area contributed by atoms with Crippen molar-refractivity contribution in [3.63, 3.8) is 0 Å². The minimum absolute atomic E-state index is 0.293. The van der Waals surface area contributed by atoms with E-state index in [1.165, 1.54) is 0 Å². The molecule has 0 aromatic rings. The van der Waals surface area contributed by atoms with E-state index in [1.54, 1.807) is 11.8 Å². The van der Waals surface area contributed by atoms with E-state index >= 15 is 0 Å². The number of aliphatic hydroxyl groups is 2. The highest BCUT2D eigenvalue weighted by molar-refractivity contribution is 7.99. The van der Waals surface area contributed by atoms with Gasteiger partial charge in [-0.05, 0) is 12.2 Å². The van der Waals surface area contributed by atoms with E-state index < -0.39 is 18.1 Å². The largest absolute Gasteiger partial charge is 0.388 e. The molecule has 0 aliphatic carbocycles. The summed E-state index contributed by atoms with van der Waals surface area (Å²) in [5, 5.41) is 21.1. The first-order valence-electron chi connectivity index (χ1n) is 4.41. The fourth-order valence-electron chi connectivity index (χ4n) is 1.22. The Morgan fingerprint density at radius 2 is 2.23 bits per heavy atom. The minimum atomic E-state index is -1.24. The summed E-state index contributed by atoms with van der Waals surface area (Å²) in [6, 6.07) is -0.293. The zero-order chi connectivity index (χ0) is 9.84. The number of hydrogen-bond acceptors (Lipinski definition) is 4.